The lowest BCUT2D eigenvalue weighted by atomic mass is 10.4. The number of aromatic nitrogens is 2. The van der Waals surface area contributed by atoms with E-state index in [1.165, 1.54) is 7.11 Å². The summed E-state index contributed by atoms with van der Waals surface area (Å²) >= 11 is 0. The molecule has 0 bridgehead atoms. The van der Waals surface area contributed by atoms with E-state index in [2.05, 4.69) is 21.9 Å². The molecule has 0 unspecified atom stereocenters. The minimum absolute atomic E-state index is 0.0505. The van der Waals surface area contributed by atoms with Crippen molar-refractivity contribution in [3.05, 3.63) is 28.6 Å². The predicted molar refractivity (Wildman–Crippen MR) is 73.9 cm³/mol. The van der Waals surface area contributed by atoms with E-state index in [1.807, 2.05) is 6.92 Å². The van der Waals surface area contributed by atoms with E-state index in [9.17, 15) is 10.1 Å². The van der Waals surface area contributed by atoms with Gasteiger partial charge in [0.15, 0.2) is 5.82 Å². The van der Waals surface area contributed by atoms with Crippen LogP contribution in [0.25, 0.3) is 0 Å². The Morgan fingerprint density at radius 2 is 2.25 bits per heavy atom. The van der Waals surface area contributed by atoms with Gasteiger partial charge in [-0.2, -0.15) is 4.98 Å². The van der Waals surface area contributed by atoms with Crippen molar-refractivity contribution in [1.82, 2.24) is 9.97 Å². The smallest absolute Gasteiger partial charge is 0.372 e. The summed E-state index contributed by atoms with van der Waals surface area (Å²) < 4.78 is 10.3. The minimum Gasteiger partial charge on any atom is -0.473 e. The third-order valence-electron chi connectivity index (χ3n) is 2.21. The van der Waals surface area contributed by atoms with Crippen molar-refractivity contribution in [2.45, 2.75) is 20.0 Å². The monoisotopic (exact) mass is 282 g/mol. The van der Waals surface area contributed by atoms with Crippen LogP contribution < -0.4 is 10.1 Å². The van der Waals surface area contributed by atoms with Gasteiger partial charge in [-0.3, -0.25) is 10.1 Å². The predicted octanol–water partition coefficient (Wildman–Crippen LogP) is 1.92. The number of methoxy groups -OCH3 is 1. The average Bonchev–Trinajstić information content (AvgIpc) is 2.42. The van der Waals surface area contributed by atoms with Crippen molar-refractivity contribution in [2.75, 3.05) is 25.6 Å². The molecule has 0 amide bonds. The average molecular weight is 282 g/mol. The van der Waals surface area contributed by atoms with Crippen molar-refractivity contribution >= 4 is 11.5 Å². The largest absolute Gasteiger partial charge is 0.473 e. The lowest BCUT2D eigenvalue weighted by molar-refractivity contribution is -0.385. The second kappa shape index (κ2) is 8.05. The van der Waals surface area contributed by atoms with E-state index in [0.717, 1.165) is 6.42 Å². The minimum atomic E-state index is -0.563. The zero-order valence-electron chi connectivity index (χ0n) is 11.6. The standard InChI is InChI=1S/C12H18N4O4/c1-4-6-13-11-10(16(17)18)12(20-7-5-2)15-9(14-11)8-19-3/h4H,1,5-8H2,2-3H3,(H,13,14,15). The second-order valence-corrected chi connectivity index (χ2v) is 3.85. The van der Waals surface area contributed by atoms with Crippen LogP contribution >= 0.6 is 0 Å². The Labute approximate surface area is 117 Å². The summed E-state index contributed by atoms with van der Waals surface area (Å²) in [6, 6.07) is 0. The maximum absolute atomic E-state index is 11.2. The molecule has 8 nitrogen and oxygen atoms in total. The fraction of sp³-hybridized carbons (Fsp3) is 0.500. The summed E-state index contributed by atoms with van der Waals surface area (Å²) in [7, 11) is 1.49. The second-order valence-electron chi connectivity index (χ2n) is 3.85. The summed E-state index contributed by atoms with van der Waals surface area (Å²) in [5.41, 5.74) is -0.278. The van der Waals surface area contributed by atoms with Crippen LogP contribution in [0.1, 0.15) is 19.2 Å². The van der Waals surface area contributed by atoms with E-state index in [0.29, 0.717) is 19.0 Å². The molecule has 0 radical (unpaired) electrons. The fourth-order valence-corrected chi connectivity index (χ4v) is 1.43. The molecule has 1 heterocycles. The molecular formula is C12H18N4O4. The van der Waals surface area contributed by atoms with E-state index >= 15 is 0 Å². The van der Waals surface area contributed by atoms with E-state index in [1.54, 1.807) is 6.08 Å². The molecule has 0 fully saturated rings. The Morgan fingerprint density at radius 3 is 2.80 bits per heavy atom. The van der Waals surface area contributed by atoms with Crippen LogP contribution in [0.5, 0.6) is 5.88 Å². The molecule has 0 aliphatic rings. The van der Waals surface area contributed by atoms with Crippen molar-refractivity contribution in [3.63, 3.8) is 0 Å². The molecular weight excluding hydrogens is 264 g/mol. The lowest BCUT2D eigenvalue weighted by Crippen LogP contribution is -2.11. The van der Waals surface area contributed by atoms with Gasteiger partial charge in [0.05, 0.1) is 11.5 Å². The quantitative estimate of drug-likeness (QED) is 0.419. The van der Waals surface area contributed by atoms with Crippen molar-refractivity contribution < 1.29 is 14.4 Å². The zero-order chi connectivity index (χ0) is 15.0. The highest BCUT2D eigenvalue weighted by Gasteiger charge is 2.26. The highest BCUT2D eigenvalue weighted by molar-refractivity contribution is 5.61. The van der Waals surface area contributed by atoms with Crippen LogP contribution in [0, 0.1) is 10.1 Å². The number of nitrogens with one attached hydrogen (secondary N) is 1. The molecule has 0 aliphatic heterocycles. The van der Waals surface area contributed by atoms with Crippen LogP contribution in [0.2, 0.25) is 0 Å². The highest BCUT2D eigenvalue weighted by atomic mass is 16.6. The number of rotatable bonds is 9. The number of ether oxygens (including phenoxy) is 2. The van der Waals surface area contributed by atoms with Gasteiger partial charge in [-0.1, -0.05) is 13.0 Å². The summed E-state index contributed by atoms with van der Waals surface area (Å²) in [4.78, 5) is 18.7. The first-order chi connectivity index (χ1) is 9.63. The van der Waals surface area contributed by atoms with Crippen LogP contribution in [-0.2, 0) is 11.3 Å². The third-order valence-corrected chi connectivity index (χ3v) is 2.21. The van der Waals surface area contributed by atoms with Gasteiger partial charge >= 0.3 is 5.69 Å². The molecule has 0 spiro atoms. The first-order valence-corrected chi connectivity index (χ1v) is 6.15. The van der Waals surface area contributed by atoms with Gasteiger partial charge < -0.3 is 14.8 Å². The van der Waals surface area contributed by atoms with E-state index < -0.39 is 4.92 Å². The molecule has 1 aromatic heterocycles. The summed E-state index contributed by atoms with van der Waals surface area (Å²) in [6.07, 6.45) is 2.30. The Bertz CT molecular complexity index is 479. The molecule has 0 aliphatic carbocycles. The highest BCUT2D eigenvalue weighted by Crippen LogP contribution is 2.32. The zero-order valence-corrected chi connectivity index (χ0v) is 11.6. The fourth-order valence-electron chi connectivity index (χ4n) is 1.43. The summed E-state index contributed by atoms with van der Waals surface area (Å²) in [6.45, 7) is 6.28. The molecule has 20 heavy (non-hydrogen) atoms. The van der Waals surface area contributed by atoms with Gasteiger partial charge in [-0.25, -0.2) is 4.98 Å². The summed E-state index contributed by atoms with van der Waals surface area (Å²) in [5, 5.41) is 14.0. The normalized spacial score (nSPS) is 10.1. The van der Waals surface area contributed by atoms with Crippen molar-refractivity contribution in [2.24, 2.45) is 0 Å². The van der Waals surface area contributed by atoms with Gasteiger partial charge in [0.25, 0.3) is 5.88 Å². The molecule has 1 aromatic rings. The number of anilines is 1. The van der Waals surface area contributed by atoms with Crippen LogP contribution in [0.15, 0.2) is 12.7 Å². The first kappa shape index (κ1) is 15.8. The topological polar surface area (TPSA) is 99.4 Å². The van der Waals surface area contributed by atoms with Crippen LogP contribution in [0.3, 0.4) is 0 Å². The third kappa shape index (κ3) is 4.16. The lowest BCUT2D eigenvalue weighted by Gasteiger charge is -2.10. The number of nitro groups is 1. The molecule has 110 valence electrons. The first-order valence-electron chi connectivity index (χ1n) is 6.15. The van der Waals surface area contributed by atoms with E-state index in [4.69, 9.17) is 9.47 Å². The van der Waals surface area contributed by atoms with Gasteiger partial charge in [0.2, 0.25) is 5.82 Å². The van der Waals surface area contributed by atoms with E-state index in [-0.39, 0.29) is 24.0 Å². The van der Waals surface area contributed by atoms with Crippen LogP contribution in [0.4, 0.5) is 11.5 Å². The SMILES string of the molecule is C=CCNc1nc(COC)nc(OCCC)c1[N+](=O)[O-]. The molecule has 1 N–H and O–H groups in total. The Balaban J connectivity index is 3.23. The Kier molecular flexibility index (Phi) is 6.38. The van der Waals surface area contributed by atoms with Crippen LogP contribution in [-0.4, -0.2) is 35.2 Å². The molecule has 0 aromatic carbocycles. The maximum Gasteiger partial charge on any atom is 0.372 e. The molecule has 8 heteroatoms. The number of hydrogen-bond acceptors (Lipinski definition) is 7. The molecule has 0 saturated carbocycles. The Morgan fingerprint density at radius 1 is 1.50 bits per heavy atom. The van der Waals surface area contributed by atoms with Crippen molar-refractivity contribution in [3.8, 4) is 5.88 Å². The van der Waals surface area contributed by atoms with Crippen molar-refractivity contribution in [1.29, 1.82) is 0 Å². The Hall–Kier alpha value is -2.22. The molecule has 1 rings (SSSR count). The number of nitrogens with zero attached hydrogens (tertiary/aromatic N) is 3. The van der Waals surface area contributed by atoms with Gasteiger partial charge in [0.1, 0.15) is 6.61 Å². The molecule has 0 atom stereocenters. The van der Waals surface area contributed by atoms with Gasteiger partial charge in [-0.05, 0) is 6.42 Å². The van der Waals surface area contributed by atoms with Gasteiger partial charge in [0, 0.05) is 13.7 Å². The summed E-state index contributed by atoms with van der Waals surface area (Å²) in [5.74, 6) is 0.365. The number of hydrogen-bond donors (Lipinski definition) is 1. The maximum atomic E-state index is 11.2. The molecule has 0 saturated heterocycles. The van der Waals surface area contributed by atoms with Gasteiger partial charge in [-0.15, -0.1) is 6.58 Å².